The fourth-order valence-corrected chi connectivity index (χ4v) is 6.44. The predicted molar refractivity (Wildman–Crippen MR) is 151 cm³/mol. The van der Waals surface area contributed by atoms with E-state index in [0.717, 1.165) is 42.7 Å². The number of allylic oxidation sites excluding steroid dienone is 7. The first kappa shape index (κ1) is 25.7. The van der Waals surface area contributed by atoms with Crippen LogP contribution in [0.4, 0.5) is 0 Å². The first-order valence-electron chi connectivity index (χ1n) is 12.3. The van der Waals surface area contributed by atoms with Crippen molar-refractivity contribution in [3.8, 4) is 0 Å². The van der Waals surface area contributed by atoms with Gasteiger partial charge in [0.05, 0.1) is 12.4 Å². The Morgan fingerprint density at radius 2 is 2.20 bits per heavy atom. The molecule has 0 saturated heterocycles. The van der Waals surface area contributed by atoms with E-state index in [0.29, 0.717) is 23.4 Å². The summed E-state index contributed by atoms with van der Waals surface area (Å²) in [4.78, 5) is 9.11. The molecule has 4 rings (SSSR count). The summed E-state index contributed by atoms with van der Waals surface area (Å²) in [7, 11) is 0. The number of aliphatic hydroxyl groups excluding tert-OH is 1. The number of aliphatic imine (C=N–C) groups is 1. The van der Waals surface area contributed by atoms with Gasteiger partial charge in [-0.2, -0.15) is 0 Å². The Bertz CT molecular complexity index is 1080. The Morgan fingerprint density at radius 1 is 1.37 bits per heavy atom. The molecule has 0 radical (unpaired) electrons. The minimum Gasteiger partial charge on any atom is -0.495 e. The zero-order chi connectivity index (χ0) is 25.0. The lowest BCUT2D eigenvalue weighted by molar-refractivity contribution is 0.142. The minimum absolute atomic E-state index is 0.00795. The molecule has 3 heterocycles. The average Bonchev–Trinajstić information content (AvgIpc) is 3.09. The van der Waals surface area contributed by atoms with E-state index in [1.807, 2.05) is 30.0 Å². The molecule has 4 nitrogen and oxygen atoms in total. The Balaban J connectivity index is 1.44. The molecule has 3 aliphatic heterocycles. The molecule has 3 unspecified atom stereocenters. The fraction of sp³-hybridized carbons (Fsp3) is 0.414. The zero-order valence-electron chi connectivity index (χ0n) is 20.8. The van der Waals surface area contributed by atoms with Crippen molar-refractivity contribution < 1.29 is 5.11 Å². The van der Waals surface area contributed by atoms with Gasteiger partial charge in [0, 0.05) is 35.8 Å². The third kappa shape index (κ3) is 6.45. The van der Waals surface area contributed by atoms with Gasteiger partial charge in [-0.25, -0.2) is 0 Å². The molecule has 0 aromatic rings. The Morgan fingerprint density at radius 3 is 3.00 bits per heavy atom. The topological polar surface area (TPSA) is 39.1 Å². The molecule has 186 valence electrons. The van der Waals surface area contributed by atoms with Gasteiger partial charge < -0.3 is 14.9 Å². The molecule has 1 saturated carbocycles. The van der Waals surface area contributed by atoms with Crippen LogP contribution in [0.1, 0.15) is 39.5 Å². The number of nitrogens with zero attached hydrogens (tertiary/aromatic N) is 3. The maximum Gasteiger partial charge on any atom is 0.183 e. The summed E-state index contributed by atoms with van der Waals surface area (Å²) in [6, 6.07) is 0.131. The summed E-state index contributed by atoms with van der Waals surface area (Å²) in [5, 5.41) is 15.7. The van der Waals surface area contributed by atoms with Crippen LogP contribution >= 0.6 is 23.4 Å². The highest BCUT2D eigenvalue weighted by Gasteiger charge is 2.42. The van der Waals surface area contributed by atoms with Crippen LogP contribution in [0.2, 0.25) is 0 Å². The van der Waals surface area contributed by atoms with Crippen molar-refractivity contribution in [2.24, 2.45) is 16.3 Å². The quantitative estimate of drug-likeness (QED) is 0.417. The Labute approximate surface area is 219 Å². The average molecular weight is 510 g/mol. The highest BCUT2D eigenvalue weighted by Crippen LogP contribution is 2.46. The molecular formula is C29H36ClN3OS. The SMILES string of the molecule is C=CC1=CC(C)N=CN(CC2CCCC3(C=C(O)N(C/C4=C/S/C=C\C(Cl)=C/C4=C)C3)C2)C(C)=C1. The number of thioether (sulfide) groups is 1. The van der Waals surface area contributed by atoms with Gasteiger partial charge in [0.1, 0.15) is 0 Å². The van der Waals surface area contributed by atoms with Crippen LogP contribution in [0.5, 0.6) is 0 Å². The van der Waals surface area contributed by atoms with E-state index >= 15 is 0 Å². The van der Waals surface area contributed by atoms with Gasteiger partial charge in [-0.3, -0.25) is 4.99 Å². The van der Waals surface area contributed by atoms with Gasteiger partial charge in [-0.1, -0.05) is 43.3 Å². The Hall–Kier alpha value is -2.37. The summed E-state index contributed by atoms with van der Waals surface area (Å²) in [5.74, 6) is 0.918. The van der Waals surface area contributed by atoms with Crippen molar-refractivity contribution in [2.45, 2.75) is 45.6 Å². The Kier molecular flexibility index (Phi) is 8.18. The van der Waals surface area contributed by atoms with Gasteiger partial charge in [0.2, 0.25) is 0 Å². The van der Waals surface area contributed by atoms with E-state index in [9.17, 15) is 5.11 Å². The van der Waals surface area contributed by atoms with E-state index in [2.05, 4.69) is 60.4 Å². The molecule has 1 N–H and O–H groups in total. The van der Waals surface area contributed by atoms with Gasteiger partial charge in [0.25, 0.3) is 0 Å². The largest absolute Gasteiger partial charge is 0.495 e. The van der Waals surface area contributed by atoms with Crippen LogP contribution in [0, 0.1) is 11.3 Å². The van der Waals surface area contributed by atoms with E-state index < -0.39 is 0 Å². The second kappa shape index (κ2) is 11.1. The molecule has 4 aliphatic rings. The normalized spacial score (nSPS) is 33.3. The van der Waals surface area contributed by atoms with Gasteiger partial charge in [-0.05, 0) is 90.9 Å². The third-order valence-corrected chi connectivity index (χ3v) is 8.19. The first-order chi connectivity index (χ1) is 16.8. The lowest BCUT2D eigenvalue weighted by Crippen LogP contribution is -2.38. The number of halogens is 1. The summed E-state index contributed by atoms with van der Waals surface area (Å²) < 4.78 is 0. The van der Waals surface area contributed by atoms with Crippen LogP contribution in [0.25, 0.3) is 0 Å². The molecule has 0 aromatic carbocycles. The summed E-state index contributed by atoms with van der Waals surface area (Å²) >= 11 is 7.83. The summed E-state index contributed by atoms with van der Waals surface area (Å²) in [6.07, 6.45) is 18.6. The number of rotatable bonds is 5. The summed E-state index contributed by atoms with van der Waals surface area (Å²) in [6.45, 7) is 14.8. The fourth-order valence-electron chi connectivity index (χ4n) is 5.48. The predicted octanol–water partition coefficient (Wildman–Crippen LogP) is 7.45. The van der Waals surface area contributed by atoms with Crippen LogP contribution in [0.3, 0.4) is 0 Å². The monoisotopic (exact) mass is 509 g/mol. The van der Waals surface area contributed by atoms with Crippen molar-refractivity contribution in [1.82, 2.24) is 9.80 Å². The van der Waals surface area contributed by atoms with E-state index in [4.69, 9.17) is 16.6 Å². The number of hydrogen-bond donors (Lipinski definition) is 1. The number of aliphatic hydroxyl groups is 1. The lowest BCUT2D eigenvalue weighted by atomic mass is 9.70. The third-order valence-electron chi connectivity index (χ3n) is 7.24. The lowest BCUT2D eigenvalue weighted by Gasteiger charge is -2.39. The molecule has 3 atom stereocenters. The van der Waals surface area contributed by atoms with Gasteiger partial charge >= 0.3 is 0 Å². The molecule has 1 spiro atoms. The smallest absolute Gasteiger partial charge is 0.183 e. The number of hydrogen-bond acceptors (Lipinski definition) is 5. The second-order valence-corrected chi connectivity index (χ2v) is 11.4. The second-order valence-electron chi connectivity index (χ2n) is 10.1. The highest BCUT2D eigenvalue weighted by atomic mass is 35.5. The molecule has 6 heteroatoms. The molecule has 35 heavy (non-hydrogen) atoms. The molecular weight excluding hydrogens is 474 g/mol. The van der Waals surface area contributed by atoms with Crippen molar-refractivity contribution in [3.05, 3.63) is 93.8 Å². The van der Waals surface area contributed by atoms with Crippen LogP contribution in [-0.2, 0) is 0 Å². The van der Waals surface area contributed by atoms with E-state index in [-0.39, 0.29) is 11.5 Å². The maximum absolute atomic E-state index is 10.9. The van der Waals surface area contributed by atoms with E-state index in [1.165, 1.54) is 18.5 Å². The van der Waals surface area contributed by atoms with Crippen molar-refractivity contribution in [1.29, 1.82) is 0 Å². The molecule has 0 amide bonds. The van der Waals surface area contributed by atoms with Crippen LogP contribution in [0.15, 0.2) is 98.8 Å². The van der Waals surface area contributed by atoms with Gasteiger partial charge in [-0.15, -0.1) is 11.8 Å². The zero-order valence-corrected chi connectivity index (χ0v) is 22.4. The maximum atomic E-state index is 10.9. The van der Waals surface area contributed by atoms with Crippen molar-refractivity contribution in [2.75, 3.05) is 19.6 Å². The highest BCUT2D eigenvalue weighted by molar-refractivity contribution is 8.04. The summed E-state index contributed by atoms with van der Waals surface area (Å²) in [5.41, 5.74) is 4.29. The standard InChI is InChI=1S/C29H36ClN3OS/c1-5-24-12-22(3)31-20-33(23(4)13-24)16-25-7-6-9-29(14-25)15-28(34)32(19-29)17-26-18-35-10-8-27(30)11-21(26)2/h5,8,10-13,15,18,20,22,25,34H,1-2,6-7,9,14,16-17,19H2,3-4H3/b10-8-,23-13?,24-12?,26-18-,27-11+,31-20?. The van der Waals surface area contributed by atoms with Gasteiger partial charge in [0.15, 0.2) is 5.88 Å². The van der Waals surface area contributed by atoms with Crippen molar-refractivity contribution in [3.63, 3.8) is 0 Å². The molecule has 0 bridgehead atoms. The minimum atomic E-state index is 0.00795. The molecule has 1 fully saturated rings. The molecule has 1 aliphatic carbocycles. The molecule has 0 aromatic heterocycles. The van der Waals surface area contributed by atoms with Crippen LogP contribution in [-0.4, -0.2) is 46.9 Å². The van der Waals surface area contributed by atoms with Crippen LogP contribution < -0.4 is 0 Å². The van der Waals surface area contributed by atoms with Crippen molar-refractivity contribution >= 4 is 29.7 Å². The first-order valence-corrected chi connectivity index (χ1v) is 13.7. The van der Waals surface area contributed by atoms with E-state index in [1.54, 1.807) is 11.8 Å².